The Bertz CT molecular complexity index is 580. The minimum Gasteiger partial charge on any atom is -0.493 e. The first-order valence-electron chi connectivity index (χ1n) is 9.44. The molecule has 1 aromatic rings. The van der Waals surface area contributed by atoms with Gasteiger partial charge in [-0.3, -0.25) is 9.69 Å². The first-order valence-corrected chi connectivity index (χ1v) is 9.44. The number of carbonyl (C=O) groups is 1. The van der Waals surface area contributed by atoms with E-state index in [2.05, 4.69) is 36.9 Å². The molecular weight excluding hydrogens is 316 g/mol. The number of carbonyl (C=O) groups excluding carboxylic acids is 1. The third kappa shape index (κ3) is 5.19. The topological polar surface area (TPSA) is 42.0 Å². The van der Waals surface area contributed by atoms with E-state index < -0.39 is 0 Å². The summed E-state index contributed by atoms with van der Waals surface area (Å²) >= 11 is 0. The van der Waals surface area contributed by atoms with Gasteiger partial charge < -0.3 is 14.4 Å². The van der Waals surface area contributed by atoms with Crippen molar-refractivity contribution >= 4 is 5.91 Å². The number of piperazine rings is 1. The summed E-state index contributed by atoms with van der Waals surface area (Å²) in [6.45, 7) is 10.8. The molecule has 0 spiro atoms. The van der Waals surface area contributed by atoms with E-state index >= 15 is 0 Å². The fraction of sp³-hybridized carbons (Fsp3) is 0.650. The van der Waals surface area contributed by atoms with Crippen LogP contribution >= 0.6 is 0 Å². The zero-order valence-corrected chi connectivity index (χ0v) is 15.5. The number of rotatable bonds is 7. The fourth-order valence-electron chi connectivity index (χ4n) is 3.39. The molecule has 1 saturated heterocycles. The van der Waals surface area contributed by atoms with Crippen molar-refractivity contribution in [2.75, 3.05) is 46.0 Å². The summed E-state index contributed by atoms with van der Waals surface area (Å²) in [5.41, 5.74) is 2.67. The Morgan fingerprint density at radius 1 is 1.24 bits per heavy atom. The molecule has 2 aliphatic rings. The van der Waals surface area contributed by atoms with Crippen LogP contribution in [0.2, 0.25) is 0 Å². The van der Waals surface area contributed by atoms with Crippen LogP contribution in [0.15, 0.2) is 18.2 Å². The smallest absolute Gasteiger partial charge is 0.224 e. The molecule has 2 heterocycles. The highest BCUT2D eigenvalue weighted by Crippen LogP contribution is 2.26. The van der Waals surface area contributed by atoms with Crippen LogP contribution in [-0.2, 0) is 22.5 Å². The van der Waals surface area contributed by atoms with Crippen molar-refractivity contribution in [2.24, 2.45) is 5.92 Å². The van der Waals surface area contributed by atoms with Gasteiger partial charge in [0.2, 0.25) is 5.91 Å². The minimum atomic E-state index is 0.220. The van der Waals surface area contributed by atoms with E-state index in [0.717, 1.165) is 58.1 Å². The standard InChI is InChI=1S/C20H30N2O3/c1-16(2)15-24-11-6-20(23)22-9-7-21(8-10-22)14-17-3-4-19-18(13-17)5-12-25-19/h3-4,13,16H,5-12,14-15H2,1-2H3. The van der Waals surface area contributed by atoms with Gasteiger partial charge >= 0.3 is 0 Å². The Kier molecular flexibility index (Phi) is 6.32. The van der Waals surface area contributed by atoms with E-state index in [1.165, 1.54) is 11.1 Å². The predicted molar refractivity (Wildman–Crippen MR) is 97.8 cm³/mol. The summed E-state index contributed by atoms with van der Waals surface area (Å²) in [7, 11) is 0. The highest BCUT2D eigenvalue weighted by molar-refractivity contribution is 5.76. The largest absolute Gasteiger partial charge is 0.493 e. The predicted octanol–water partition coefficient (Wildman–Crippen LogP) is 2.33. The minimum absolute atomic E-state index is 0.220. The van der Waals surface area contributed by atoms with E-state index in [1.807, 2.05) is 4.90 Å². The van der Waals surface area contributed by atoms with Gasteiger partial charge in [0.05, 0.1) is 19.6 Å². The second kappa shape index (κ2) is 8.68. The van der Waals surface area contributed by atoms with Crippen LogP contribution in [-0.4, -0.2) is 61.7 Å². The number of hydrogen-bond acceptors (Lipinski definition) is 4. The lowest BCUT2D eigenvalue weighted by Crippen LogP contribution is -2.48. The van der Waals surface area contributed by atoms with E-state index in [1.54, 1.807) is 0 Å². The number of nitrogens with zero attached hydrogens (tertiary/aromatic N) is 2. The molecule has 25 heavy (non-hydrogen) atoms. The van der Waals surface area contributed by atoms with Crippen LogP contribution in [0.5, 0.6) is 5.75 Å². The third-order valence-electron chi connectivity index (χ3n) is 4.80. The van der Waals surface area contributed by atoms with Gasteiger partial charge in [0.1, 0.15) is 5.75 Å². The SMILES string of the molecule is CC(C)COCCC(=O)N1CCN(Cc2ccc3c(c2)CCO3)CC1. The van der Waals surface area contributed by atoms with Crippen LogP contribution < -0.4 is 4.74 Å². The normalized spacial score (nSPS) is 17.6. The van der Waals surface area contributed by atoms with Crippen molar-refractivity contribution in [3.05, 3.63) is 29.3 Å². The van der Waals surface area contributed by atoms with Gasteiger partial charge in [0, 0.05) is 45.8 Å². The maximum absolute atomic E-state index is 12.2. The molecule has 0 aromatic heterocycles. The Hall–Kier alpha value is -1.59. The molecule has 3 rings (SSSR count). The molecule has 0 radical (unpaired) electrons. The summed E-state index contributed by atoms with van der Waals surface area (Å²) < 4.78 is 11.1. The zero-order valence-electron chi connectivity index (χ0n) is 15.5. The van der Waals surface area contributed by atoms with Crippen molar-refractivity contribution in [3.63, 3.8) is 0 Å². The van der Waals surface area contributed by atoms with Gasteiger partial charge in [-0.1, -0.05) is 26.0 Å². The summed E-state index contributed by atoms with van der Waals surface area (Å²) in [5.74, 6) is 1.78. The van der Waals surface area contributed by atoms with Crippen LogP contribution in [0.25, 0.3) is 0 Å². The van der Waals surface area contributed by atoms with Crippen molar-refractivity contribution in [1.29, 1.82) is 0 Å². The van der Waals surface area contributed by atoms with Crippen LogP contribution in [0.4, 0.5) is 0 Å². The number of hydrogen-bond donors (Lipinski definition) is 0. The van der Waals surface area contributed by atoms with Crippen LogP contribution in [0, 0.1) is 5.92 Å². The molecule has 0 aliphatic carbocycles. The molecule has 0 unspecified atom stereocenters. The van der Waals surface area contributed by atoms with Crippen molar-refractivity contribution in [2.45, 2.75) is 33.2 Å². The Morgan fingerprint density at radius 2 is 2.04 bits per heavy atom. The van der Waals surface area contributed by atoms with E-state index in [-0.39, 0.29) is 5.91 Å². The average molecular weight is 346 g/mol. The summed E-state index contributed by atoms with van der Waals surface area (Å²) in [4.78, 5) is 16.7. The molecule has 0 N–H and O–H groups in total. The Balaban J connectivity index is 1.39. The molecular formula is C20H30N2O3. The van der Waals surface area contributed by atoms with Gasteiger partial charge in [0.25, 0.3) is 0 Å². The van der Waals surface area contributed by atoms with Crippen LogP contribution in [0.3, 0.4) is 0 Å². The summed E-state index contributed by atoms with van der Waals surface area (Å²) in [6, 6.07) is 6.52. The van der Waals surface area contributed by atoms with Gasteiger partial charge in [-0.15, -0.1) is 0 Å². The number of ether oxygens (including phenoxy) is 2. The Morgan fingerprint density at radius 3 is 2.80 bits per heavy atom. The van der Waals surface area contributed by atoms with Gasteiger partial charge in [-0.25, -0.2) is 0 Å². The van der Waals surface area contributed by atoms with Crippen molar-refractivity contribution in [1.82, 2.24) is 9.80 Å². The molecule has 0 saturated carbocycles. The number of fused-ring (bicyclic) bond motifs is 1. The maximum Gasteiger partial charge on any atom is 0.224 e. The quantitative estimate of drug-likeness (QED) is 0.711. The highest BCUT2D eigenvalue weighted by Gasteiger charge is 2.21. The first kappa shape index (κ1) is 18.2. The molecule has 138 valence electrons. The monoisotopic (exact) mass is 346 g/mol. The van der Waals surface area contributed by atoms with Gasteiger partial charge in [-0.05, 0) is 23.1 Å². The lowest BCUT2D eigenvalue weighted by atomic mass is 10.1. The number of benzene rings is 1. The molecule has 1 aromatic carbocycles. The molecule has 5 nitrogen and oxygen atoms in total. The first-order chi connectivity index (χ1) is 12.1. The average Bonchev–Trinajstić information content (AvgIpc) is 3.07. The fourth-order valence-corrected chi connectivity index (χ4v) is 3.39. The highest BCUT2D eigenvalue weighted by atomic mass is 16.5. The molecule has 1 amide bonds. The number of amides is 1. The Labute approximate surface area is 150 Å². The van der Waals surface area contributed by atoms with E-state index in [9.17, 15) is 4.79 Å². The summed E-state index contributed by atoms with van der Waals surface area (Å²) in [5, 5.41) is 0. The lowest BCUT2D eigenvalue weighted by Gasteiger charge is -2.35. The van der Waals surface area contributed by atoms with Gasteiger partial charge in [-0.2, -0.15) is 0 Å². The molecule has 1 fully saturated rings. The zero-order chi connectivity index (χ0) is 17.6. The lowest BCUT2D eigenvalue weighted by molar-refractivity contribution is -0.134. The summed E-state index contributed by atoms with van der Waals surface area (Å²) in [6.07, 6.45) is 1.52. The van der Waals surface area contributed by atoms with Crippen molar-refractivity contribution < 1.29 is 14.3 Å². The van der Waals surface area contributed by atoms with Crippen molar-refractivity contribution in [3.8, 4) is 5.75 Å². The molecule has 5 heteroatoms. The van der Waals surface area contributed by atoms with E-state index in [4.69, 9.17) is 9.47 Å². The molecule has 0 atom stereocenters. The molecule has 2 aliphatic heterocycles. The van der Waals surface area contributed by atoms with Gasteiger partial charge in [0.15, 0.2) is 0 Å². The second-order valence-electron chi connectivity index (χ2n) is 7.42. The van der Waals surface area contributed by atoms with E-state index in [0.29, 0.717) is 18.9 Å². The molecule has 0 bridgehead atoms. The maximum atomic E-state index is 12.2. The third-order valence-corrected chi connectivity index (χ3v) is 4.80. The second-order valence-corrected chi connectivity index (χ2v) is 7.42. The van der Waals surface area contributed by atoms with Crippen LogP contribution in [0.1, 0.15) is 31.4 Å².